The molecule has 1 heterocycles. The first-order chi connectivity index (χ1) is 10.6. The molecule has 0 aliphatic rings. The molecule has 1 aromatic heterocycles. The summed E-state index contributed by atoms with van der Waals surface area (Å²) in [5.41, 5.74) is 1.67. The average Bonchev–Trinajstić information content (AvgIpc) is 2.53. The van der Waals surface area contributed by atoms with Crippen molar-refractivity contribution in [3.05, 3.63) is 52.3 Å². The second kappa shape index (κ2) is 8.01. The SMILES string of the molecule is CCCCNc1ccc(C(=O)Nc2cccc(Cl)c2Cl)nc1. The molecular formula is C16H17Cl2N3O. The summed E-state index contributed by atoms with van der Waals surface area (Å²) in [6, 6.07) is 8.57. The van der Waals surface area contributed by atoms with Crippen LogP contribution in [0.4, 0.5) is 11.4 Å². The molecule has 0 spiro atoms. The molecule has 0 atom stereocenters. The van der Waals surface area contributed by atoms with E-state index in [0.29, 0.717) is 21.4 Å². The highest BCUT2D eigenvalue weighted by molar-refractivity contribution is 6.44. The van der Waals surface area contributed by atoms with Crippen molar-refractivity contribution in [2.75, 3.05) is 17.2 Å². The van der Waals surface area contributed by atoms with Gasteiger partial charge in [-0.25, -0.2) is 4.98 Å². The van der Waals surface area contributed by atoms with Crippen LogP contribution in [0.2, 0.25) is 10.0 Å². The lowest BCUT2D eigenvalue weighted by Crippen LogP contribution is -2.14. The van der Waals surface area contributed by atoms with Gasteiger partial charge < -0.3 is 10.6 Å². The lowest BCUT2D eigenvalue weighted by atomic mass is 10.2. The number of hydrogen-bond donors (Lipinski definition) is 2. The fourth-order valence-electron chi connectivity index (χ4n) is 1.83. The molecule has 0 fully saturated rings. The van der Waals surface area contributed by atoms with E-state index in [1.54, 1.807) is 30.5 Å². The van der Waals surface area contributed by atoms with Gasteiger partial charge in [-0.2, -0.15) is 0 Å². The highest BCUT2D eigenvalue weighted by atomic mass is 35.5. The van der Waals surface area contributed by atoms with E-state index in [-0.39, 0.29) is 5.91 Å². The molecule has 6 heteroatoms. The van der Waals surface area contributed by atoms with Crippen molar-refractivity contribution in [3.8, 4) is 0 Å². The van der Waals surface area contributed by atoms with E-state index < -0.39 is 0 Å². The van der Waals surface area contributed by atoms with Crippen molar-refractivity contribution in [1.29, 1.82) is 0 Å². The Hall–Kier alpha value is -1.78. The summed E-state index contributed by atoms with van der Waals surface area (Å²) in [6.45, 7) is 3.02. The number of benzene rings is 1. The highest BCUT2D eigenvalue weighted by Crippen LogP contribution is 2.29. The van der Waals surface area contributed by atoms with E-state index in [2.05, 4.69) is 22.5 Å². The molecule has 2 N–H and O–H groups in total. The van der Waals surface area contributed by atoms with Crippen molar-refractivity contribution < 1.29 is 4.79 Å². The molecule has 0 unspecified atom stereocenters. The van der Waals surface area contributed by atoms with Crippen LogP contribution in [0.5, 0.6) is 0 Å². The Kier molecular flexibility index (Phi) is 6.04. The van der Waals surface area contributed by atoms with Gasteiger partial charge in [-0.3, -0.25) is 4.79 Å². The van der Waals surface area contributed by atoms with E-state index in [1.165, 1.54) is 0 Å². The van der Waals surface area contributed by atoms with Gasteiger partial charge in [-0.1, -0.05) is 42.6 Å². The van der Waals surface area contributed by atoms with Crippen LogP contribution in [-0.4, -0.2) is 17.4 Å². The largest absolute Gasteiger partial charge is 0.384 e. The second-order valence-electron chi connectivity index (χ2n) is 4.77. The second-order valence-corrected chi connectivity index (χ2v) is 5.55. The molecule has 2 rings (SSSR count). The predicted octanol–water partition coefficient (Wildman–Crippen LogP) is 4.85. The molecule has 0 saturated heterocycles. The summed E-state index contributed by atoms with van der Waals surface area (Å²) in [5.74, 6) is -0.329. The first kappa shape index (κ1) is 16.6. The normalized spacial score (nSPS) is 10.3. The number of carbonyl (C=O) groups is 1. The number of rotatable bonds is 6. The van der Waals surface area contributed by atoms with Crippen molar-refractivity contribution in [3.63, 3.8) is 0 Å². The van der Waals surface area contributed by atoms with Gasteiger partial charge in [0.15, 0.2) is 0 Å². The Morgan fingerprint density at radius 3 is 2.73 bits per heavy atom. The van der Waals surface area contributed by atoms with Gasteiger partial charge in [0.2, 0.25) is 0 Å². The molecule has 0 radical (unpaired) electrons. The lowest BCUT2D eigenvalue weighted by Gasteiger charge is -2.09. The standard InChI is InChI=1S/C16H17Cl2N3O/c1-2-3-9-19-11-7-8-14(20-10-11)16(22)21-13-6-4-5-12(17)15(13)18/h4-8,10,19H,2-3,9H2,1H3,(H,21,22). The van der Waals surface area contributed by atoms with Crippen LogP contribution in [0.15, 0.2) is 36.5 Å². The summed E-state index contributed by atoms with van der Waals surface area (Å²) in [5, 5.41) is 6.65. The quantitative estimate of drug-likeness (QED) is 0.740. The highest BCUT2D eigenvalue weighted by Gasteiger charge is 2.11. The predicted molar refractivity (Wildman–Crippen MR) is 92.0 cm³/mol. The third kappa shape index (κ3) is 4.36. The molecular weight excluding hydrogens is 321 g/mol. The van der Waals surface area contributed by atoms with E-state index in [4.69, 9.17) is 23.2 Å². The molecule has 0 saturated carbocycles. The van der Waals surface area contributed by atoms with Gasteiger partial charge in [0.25, 0.3) is 5.91 Å². The number of anilines is 2. The molecule has 2 aromatic rings. The Labute approximate surface area is 139 Å². The molecule has 116 valence electrons. The number of hydrogen-bond acceptors (Lipinski definition) is 3. The summed E-state index contributed by atoms with van der Waals surface area (Å²) in [7, 11) is 0. The van der Waals surface area contributed by atoms with Crippen LogP contribution in [0.25, 0.3) is 0 Å². The molecule has 0 aliphatic heterocycles. The lowest BCUT2D eigenvalue weighted by molar-refractivity contribution is 0.102. The average molecular weight is 338 g/mol. The smallest absolute Gasteiger partial charge is 0.274 e. The summed E-state index contributed by atoms with van der Waals surface area (Å²) < 4.78 is 0. The summed E-state index contributed by atoms with van der Waals surface area (Å²) in [4.78, 5) is 16.3. The fraction of sp³-hybridized carbons (Fsp3) is 0.250. The number of unbranched alkanes of at least 4 members (excludes halogenated alkanes) is 1. The van der Waals surface area contributed by atoms with Gasteiger partial charge in [-0.15, -0.1) is 0 Å². The van der Waals surface area contributed by atoms with E-state index in [1.807, 2.05) is 6.07 Å². The molecule has 22 heavy (non-hydrogen) atoms. The van der Waals surface area contributed by atoms with Gasteiger partial charge in [0.1, 0.15) is 5.69 Å². The van der Waals surface area contributed by atoms with Gasteiger partial charge in [0.05, 0.1) is 27.6 Å². The zero-order chi connectivity index (χ0) is 15.9. The number of amides is 1. The minimum atomic E-state index is -0.329. The van der Waals surface area contributed by atoms with Crippen LogP contribution >= 0.6 is 23.2 Å². The van der Waals surface area contributed by atoms with Crippen LogP contribution in [0.1, 0.15) is 30.3 Å². The van der Waals surface area contributed by atoms with Crippen molar-refractivity contribution in [1.82, 2.24) is 4.98 Å². The Morgan fingerprint density at radius 2 is 2.05 bits per heavy atom. The maximum absolute atomic E-state index is 12.2. The third-order valence-electron chi connectivity index (χ3n) is 3.06. The Balaban J connectivity index is 2.02. The maximum atomic E-state index is 12.2. The number of nitrogens with one attached hydrogen (secondary N) is 2. The van der Waals surface area contributed by atoms with Crippen LogP contribution in [0, 0.1) is 0 Å². The van der Waals surface area contributed by atoms with Crippen molar-refractivity contribution in [2.24, 2.45) is 0 Å². The van der Waals surface area contributed by atoms with E-state index >= 15 is 0 Å². The summed E-state index contributed by atoms with van der Waals surface area (Å²) in [6.07, 6.45) is 3.86. The third-order valence-corrected chi connectivity index (χ3v) is 3.87. The first-order valence-corrected chi connectivity index (χ1v) is 7.82. The number of pyridine rings is 1. The van der Waals surface area contributed by atoms with E-state index in [0.717, 1.165) is 25.1 Å². The van der Waals surface area contributed by atoms with Gasteiger partial charge >= 0.3 is 0 Å². The van der Waals surface area contributed by atoms with Crippen LogP contribution < -0.4 is 10.6 Å². The number of aromatic nitrogens is 1. The number of nitrogens with zero attached hydrogens (tertiary/aromatic N) is 1. The number of carbonyl (C=O) groups excluding carboxylic acids is 1. The Bertz CT molecular complexity index is 644. The number of halogens is 2. The van der Waals surface area contributed by atoms with Crippen LogP contribution in [0.3, 0.4) is 0 Å². The van der Waals surface area contributed by atoms with Gasteiger partial charge in [0, 0.05) is 6.54 Å². The van der Waals surface area contributed by atoms with Crippen molar-refractivity contribution >= 4 is 40.5 Å². The van der Waals surface area contributed by atoms with Crippen molar-refractivity contribution in [2.45, 2.75) is 19.8 Å². The molecule has 1 aromatic carbocycles. The Morgan fingerprint density at radius 1 is 1.23 bits per heavy atom. The van der Waals surface area contributed by atoms with E-state index in [9.17, 15) is 4.79 Å². The minimum Gasteiger partial charge on any atom is -0.384 e. The van der Waals surface area contributed by atoms with Gasteiger partial charge in [-0.05, 0) is 30.7 Å². The zero-order valence-electron chi connectivity index (χ0n) is 12.2. The summed E-state index contributed by atoms with van der Waals surface area (Å²) >= 11 is 12.0. The monoisotopic (exact) mass is 337 g/mol. The topological polar surface area (TPSA) is 54.0 Å². The zero-order valence-corrected chi connectivity index (χ0v) is 13.7. The molecule has 0 bridgehead atoms. The van der Waals surface area contributed by atoms with Crippen LogP contribution in [-0.2, 0) is 0 Å². The fourth-order valence-corrected chi connectivity index (χ4v) is 2.18. The minimum absolute atomic E-state index is 0.315. The molecule has 0 aliphatic carbocycles. The first-order valence-electron chi connectivity index (χ1n) is 7.07. The maximum Gasteiger partial charge on any atom is 0.274 e. The molecule has 4 nitrogen and oxygen atoms in total. The molecule has 1 amide bonds.